The lowest BCUT2D eigenvalue weighted by molar-refractivity contribution is -0.131. The second kappa shape index (κ2) is 7.07. The van der Waals surface area contributed by atoms with Crippen LogP contribution in [0.25, 0.3) is 0 Å². The molecule has 6 heteroatoms. The van der Waals surface area contributed by atoms with E-state index in [2.05, 4.69) is 15.3 Å². The monoisotopic (exact) mass is 278 g/mol. The van der Waals surface area contributed by atoms with Crippen molar-refractivity contribution < 1.29 is 4.79 Å². The highest BCUT2D eigenvalue weighted by atomic mass is 16.2. The minimum Gasteiger partial charge on any atom is -0.369 e. The van der Waals surface area contributed by atoms with Gasteiger partial charge in [-0.1, -0.05) is 6.92 Å². The molecule has 2 rings (SSSR count). The lowest BCUT2D eigenvalue weighted by atomic mass is 10.1. The Morgan fingerprint density at radius 2 is 2.15 bits per heavy atom. The summed E-state index contributed by atoms with van der Waals surface area (Å²) in [5, 5.41) is 3.05. The first-order chi connectivity index (χ1) is 9.69. The van der Waals surface area contributed by atoms with Gasteiger partial charge in [-0.05, 0) is 19.3 Å². The van der Waals surface area contributed by atoms with Gasteiger partial charge >= 0.3 is 0 Å². The molecule has 1 aromatic heterocycles. The number of amides is 1. The Morgan fingerprint density at radius 3 is 2.85 bits per heavy atom. The van der Waals surface area contributed by atoms with Gasteiger partial charge in [0.1, 0.15) is 11.6 Å². The number of aromatic nitrogens is 2. The number of carbonyl (C=O) groups excluding carboxylic acids is 1. The van der Waals surface area contributed by atoms with Crippen molar-refractivity contribution in [3.63, 3.8) is 0 Å². The number of hydrogen-bond donors (Lipinski definition) is 2. The number of aromatic amines is 1. The highest BCUT2D eigenvalue weighted by molar-refractivity contribution is 5.76. The molecule has 110 valence electrons. The topological polar surface area (TPSA) is 78.1 Å². The van der Waals surface area contributed by atoms with E-state index in [-0.39, 0.29) is 11.5 Å². The maximum absolute atomic E-state index is 12.0. The summed E-state index contributed by atoms with van der Waals surface area (Å²) in [7, 11) is 0. The quantitative estimate of drug-likeness (QED) is 0.847. The molecule has 2 N–H and O–H groups in total. The van der Waals surface area contributed by atoms with Crippen molar-refractivity contribution in [1.82, 2.24) is 14.9 Å². The molecule has 0 atom stereocenters. The van der Waals surface area contributed by atoms with E-state index in [0.717, 1.165) is 25.9 Å². The van der Waals surface area contributed by atoms with Crippen molar-refractivity contribution in [2.24, 2.45) is 0 Å². The summed E-state index contributed by atoms with van der Waals surface area (Å²) in [6, 6.07) is 1.42. The van der Waals surface area contributed by atoms with E-state index in [0.29, 0.717) is 31.0 Å². The molecule has 0 radical (unpaired) electrons. The van der Waals surface area contributed by atoms with Gasteiger partial charge in [0.15, 0.2) is 0 Å². The van der Waals surface area contributed by atoms with E-state index in [1.54, 1.807) is 0 Å². The minimum atomic E-state index is -0.165. The van der Waals surface area contributed by atoms with Crippen LogP contribution in [-0.4, -0.2) is 40.4 Å². The zero-order chi connectivity index (χ0) is 14.4. The van der Waals surface area contributed by atoms with Crippen LogP contribution in [0.3, 0.4) is 0 Å². The van der Waals surface area contributed by atoms with Crippen LogP contribution in [0.2, 0.25) is 0 Å². The molecule has 0 saturated carbocycles. The molecule has 1 amide bonds. The first kappa shape index (κ1) is 14.6. The number of rotatable bonds is 5. The van der Waals surface area contributed by atoms with E-state index in [1.165, 1.54) is 12.5 Å². The molecule has 1 fully saturated rings. The number of hydrogen-bond acceptors (Lipinski definition) is 4. The Kier molecular flexibility index (Phi) is 5.15. The normalized spacial score (nSPS) is 15.2. The first-order valence-electron chi connectivity index (χ1n) is 7.31. The number of anilines is 1. The zero-order valence-electron chi connectivity index (χ0n) is 11.9. The van der Waals surface area contributed by atoms with Crippen LogP contribution >= 0.6 is 0 Å². The second-order valence-corrected chi connectivity index (χ2v) is 5.05. The van der Waals surface area contributed by atoms with Gasteiger partial charge in [-0.15, -0.1) is 0 Å². The Hall–Kier alpha value is -1.85. The lowest BCUT2D eigenvalue weighted by Crippen LogP contribution is -2.36. The molecular formula is C14H22N4O2. The molecule has 0 bridgehead atoms. The fraction of sp³-hybridized carbons (Fsp3) is 0.643. The average Bonchev–Trinajstić information content (AvgIpc) is 2.47. The van der Waals surface area contributed by atoms with E-state index in [9.17, 15) is 9.59 Å². The Bertz CT molecular complexity index is 506. The summed E-state index contributed by atoms with van der Waals surface area (Å²) in [4.78, 5) is 32.2. The van der Waals surface area contributed by atoms with Crippen LogP contribution in [0.5, 0.6) is 0 Å². The van der Waals surface area contributed by atoms with Crippen molar-refractivity contribution >= 4 is 11.7 Å². The number of likely N-dealkylation sites (tertiary alicyclic amines) is 1. The van der Waals surface area contributed by atoms with Crippen LogP contribution in [0, 0.1) is 0 Å². The Labute approximate surface area is 118 Å². The lowest BCUT2D eigenvalue weighted by Gasteiger charge is -2.26. The summed E-state index contributed by atoms with van der Waals surface area (Å²) in [5.41, 5.74) is -0.165. The van der Waals surface area contributed by atoms with Crippen molar-refractivity contribution in [2.75, 3.05) is 25.0 Å². The standard InChI is InChI=1S/C14H22N4O2/c1-2-11-16-12(10-13(19)17-11)15-7-6-14(20)18-8-4-3-5-9-18/h10H,2-9H2,1H3,(H2,15,16,17,19). The summed E-state index contributed by atoms with van der Waals surface area (Å²) in [5.74, 6) is 1.37. The van der Waals surface area contributed by atoms with Crippen molar-refractivity contribution in [3.8, 4) is 0 Å². The average molecular weight is 278 g/mol. The van der Waals surface area contributed by atoms with Gasteiger partial charge in [-0.3, -0.25) is 9.59 Å². The van der Waals surface area contributed by atoms with Crippen LogP contribution in [-0.2, 0) is 11.2 Å². The van der Waals surface area contributed by atoms with Crippen molar-refractivity contribution in [1.29, 1.82) is 0 Å². The molecule has 0 spiro atoms. The number of nitrogens with one attached hydrogen (secondary N) is 2. The predicted molar refractivity (Wildman–Crippen MR) is 77.8 cm³/mol. The first-order valence-corrected chi connectivity index (χ1v) is 7.31. The summed E-state index contributed by atoms with van der Waals surface area (Å²) < 4.78 is 0. The van der Waals surface area contributed by atoms with Crippen LogP contribution in [0.15, 0.2) is 10.9 Å². The second-order valence-electron chi connectivity index (χ2n) is 5.05. The van der Waals surface area contributed by atoms with Gasteiger partial charge < -0.3 is 15.2 Å². The largest absolute Gasteiger partial charge is 0.369 e. The molecule has 1 saturated heterocycles. The van der Waals surface area contributed by atoms with E-state index >= 15 is 0 Å². The molecule has 20 heavy (non-hydrogen) atoms. The summed E-state index contributed by atoms with van der Waals surface area (Å²) in [6.07, 6.45) is 4.55. The maximum Gasteiger partial charge on any atom is 0.252 e. The third-order valence-corrected chi connectivity index (χ3v) is 3.48. The fourth-order valence-corrected chi connectivity index (χ4v) is 2.37. The van der Waals surface area contributed by atoms with E-state index in [1.807, 2.05) is 11.8 Å². The zero-order valence-corrected chi connectivity index (χ0v) is 11.9. The third-order valence-electron chi connectivity index (χ3n) is 3.48. The Balaban J connectivity index is 1.81. The van der Waals surface area contributed by atoms with Gasteiger partial charge in [-0.2, -0.15) is 0 Å². The molecule has 0 aromatic carbocycles. The van der Waals surface area contributed by atoms with Crippen molar-refractivity contribution in [2.45, 2.75) is 39.0 Å². The molecule has 1 aliphatic rings. The van der Waals surface area contributed by atoms with Crippen molar-refractivity contribution in [3.05, 3.63) is 22.2 Å². The number of aryl methyl sites for hydroxylation is 1. The molecule has 6 nitrogen and oxygen atoms in total. The highest BCUT2D eigenvalue weighted by Crippen LogP contribution is 2.10. The number of nitrogens with zero attached hydrogens (tertiary/aromatic N) is 2. The molecular weight excluding hydrogens is 256 g/mol. The number of H-pyrrole nitrogens is 1. The van der Waals surface area contributed by atoms with Gasteiger partial charge in [0.05, 0.1) is 0 Å². The van der Waals surface area contributed by atoms with Gasteiger partial charge in [0.2, 0.25) is 5.91 Å². The van der Waals surface area contributed by atoms with Crippen LogP contribution in [0.1, 0.15) is 38.4 Å². The minimum absolute atomic E-state index is 0.165. The summed E-state index contributed by atoms with van der Waals surface area (Å²) >= 11 is 0. The Morgan fingerprint density at radius 1 is 1.40 bits per heavy atom. The number of piperidine rings is 1. The van der Waals surface area contributed by atoms with E-state index in [4.69, 9.17) is 0 Å². The molecule has 0 aliphatic carbocycles. The molecule has 1 aromatic rings. The van der Waals surface area contributed by atoms with Gasteiger partial charge in [0, 0.05) is 38.5 Å². The van der Waals surface area contributed by atoms with Crippen LogP contribution < -0.4 is 10.9 Å². The predicted octanol–water partition coefficient (Wildman–Crippen LogP) is 1.15. The molecule has 1 aliphatic heterocycles. The van der Waals surface area contributed by atoms with Gasteiger partial charge in [0.25, 0.3) is 5.56 Å². The highest BCUT2D eigenvalue weighted by Gasteiger charge is 2.15. The smallest absolute Gasteiger partial charge is 0.252 e. The van der Waals surface area contributed by atoms with Gasteiger partial charge in [-0.25, -0.2) is 4.98 Å². The maximum atomic E-state index is 12.0. The summed E-state index contributed by atoms with van der Waals surface area (Å²) in [6.45, 7) is 4.20. The van der Waals surface area contributed by atoms with Crippen LogP contribution in [0.4, 0.5) is 5.82 Å². The molecule has 0 unspecified atom stereocenters. The number of carbonyl (C=O) groups is 1. The SMILES string of the molecule is CCc1nc(NCCC(=O)N2CCCCC2)cc(=O)[nH]1. The van der Waals surface area contributed by atoms with E-state index < -0.39 is 0 Å². The molecule has 2 heterocycles. The fourth-order valence-electron chi connectivity index (χ4n) is 2.37. The third kappa shape index (κ3) is 4.08.